The number of amides is 2. The van der Waals surface area contributed by atoms with Crippen molar-refractivity contribution in [1.82, 2.24) is 15.6 Å². The molecule has 1 aromatic carbocycles. The summed E-state index contributed by atoms with van der Waals surface area (Å²) in [5, 5.41) is 6.39. The van der Waals surface area contributed by atoms with Crippen LogP contribution < -0.4 is 15.5 Å². The van der Waals surface area contributed by atoms with Crippen molar-refractivity contribution in [3.63, 3.8) is 0 Å². The highest BCUT2D eigenvalue weighted by Gasteiger charge is 2.26. The second-order valence-corrected chi connectivity index (χ2v) is 8.28. The van der Waals surface area contributed by atoms with Crippen molar-refractivity contribution in [2.24, 2.45) is 0 Å². The van der Waals surface area contributed by atoms with E-state index in [0.29, 0.717) is 30.0 Å². The van der Waals surface area contributed by atoms with Gasteiger partial charge in [-0.2, -0.15) is 0 Å². The molecule has 2 aromatic rings. The number of carbonyl (C=O) groups is 2. The third kappa shape index (κ3) is 4.75. The monoisotopic (exact) mass is 402 g/mol. The molecule has 1 aliphatic heterocycles. The van der Waals surface area contributed by atoms with Crippen LogP contribution in [0.5, 0.6) is 0 Å². The summed E-state index contributed by atoms with van der Waals surface area (Å²) in [6.07, 6.45) is -0.539. The van der Waals surface area contributed by atoms with Gasteiger partial charge in [0, 0.05) is 29.6 Å². The predicted molar refractivity (Wildman–Crippen MR) is 109 cm³/mol. The molecule has 1 aliphatic rings. The van der Waals surface area contributed by atoms with Crippen molar-refractivity contribution in [1.29, 1.82) is 0 Å². The standard InChI is InChI=1S/C21H27FN4O3/c1-12-16(22)7-6-14-10-15(13(2)24-20(28)29-21(3,4)5)19(25-18(12)14)26-9-8-23-17(27)11-26/h6-7,10,13H,8-9,11H2,1-5H3,(H,23,27)(H,24,28). The third-order valence-corrected chi connectivity index (χ3v) is 4.72. The number of carbonyl (C=O) groups excluding carboxylic acids is 2. The van der Waals surface area contributed by atoms with E-state index in [9.17, 15) is 14.0 Å². The van der Waals surface area contributed by atoms with Crippen LogP contribution in [0.1, 0.15) is 44.9 Å². The highest BCUT2D eigenvalue weighted by molar-refractivity contribution is 5.87. The summed E-state index contributed by atoms with van der Waals surface area (Å²) in [7, 11) is 0. The number of benzene rings is 1. The van der Waals surface area contributed by atoms with Crippen molar-refractivity contribution >= 4 is 28.7 Å². The number of nitrogens with zero attached hydrogens (tertiary/aromatic N) is 2. The van der Waals surface area contributed by atoms with Crippen LogP contribution in [0.4, 0.5) is 15.0 Å². The Morgan fingerprint density at radius 2 is 2.10 bits per heavy atom. The van der Waals surface area contributed by atoms with Crippen molar-refractivity contribution in [2.75, 3.05) is 24.5 Å². The highest BCUT2D eigenvalue weighted by atomic mass is 19.1. The Labute approximate surface area is 169 Å². The van der Waals surface area contributed by atoms with E-state index in [4.69, 9.17) is 9.72 Å². The first-order valence-corrected chi connectivity index (χ1v) is 9.66. The molecule has 1 unspecified atom stereocenters. The Morgan fingerprint density at radius 1 is 1.38 bits per heavy atom. The molecule has 7 nitrogen and oxygen atoms in total. The van der Waals surface area contributed by atoms with Crippen LogP contribution in [0.25, 0.3) is 10.9 Å². The summed E-state index contributed by atoms with van der Waals surface area (Å²) in [5.41, 5.74) is 1.11. The van der Waals surface area contributed by atoms with Gasteiger partial charge in [0.15, 0.2) is 0 Å². The highest BCUT2D eigenvalue weighted by Crippen LogP contribution is 2.31. The lowest BCUT2D eigenvalue weighted by atomic mass is 10.0. The van der Waals surface area contributed by atoms with Gasteiger partial charge < -0.3 is 20.3 Å². The molecule has 2 N–H and O–H groups in total. The zero-order chi connectivity index (χ0) is 21.3. The summed E-state index contributed by atoms with van der Waals surface area (Å²) in [4.78, 5) is 30.7. The fraction of sp³-hybridized carbons (Fsp3) is 0.476. The first kappa shape index (κ1) is 20.8. The van der Waals surface area contributed by atoms with Crippen LogP contribution in [0.3, 0.4) is 0 Å². The predicted octanol–water partition coefficient (Wildman–Crippen LogP) is 3.20. The number of hydrogen-bond donors (Lipinski definition) is 2. The SMILES string of the molecule is Cc1c(F)ccc2cc(C(C)NC(=O)OC(C)(C)C)c(N3CCNC(=O)C3)nc12. The minimum Gasteiger partial charge on any atom is -0.444 e. The second kappa shape index (κ2) is 7.85. The van der Waals surface area contributed by atoms with Crippen LogP contribution in [-0.4, -0.2) is 42.2 Å². The molecule has 2 amide bonds. The number of halogens is 1. The molecule has 0 saturated carbocycles. The number of rotatable bonds is 3. The van der Waals surface area contributed by atoms with Gasteiger partial charge in [0.1, 0.15) is 17.2 Å². The van der Waals surface area contributed by atoms with Crippen LogP contribution >= 0.6 is 0 Å². The van der Waals surface area contributed by atoms with Gasteiger partial charge in [0.05, 0.1) is 18.1 Å². The summed E-state index contributed by atoms with van der Waals surface area (Å²) in [6.45, 7) is 10.1. The van der Waals surface area contributed by atoms with Crippen molar-refractivity contribution in [3.8, 4) is 0 Å². The van der Waals surface area contributed by atoms with Gasteiger partial charge in [-0.25, -0.2) is 14.2 Å². The molecule has 1 aromatic heterocycles. The molecule has 1 atom stereocenters. The van der Waals surface area contributed by atoms with Crippen LogP contribution in [0, 0.1) is 12.7 Å². The van der Waals surface area contributed by atoms with Crippen molar-refractivity contribution in [3.05, 3.63) is 35.1 Å². The normalized spacial score (nSPS) is 15.8. The van der Waals surface area contributed by atoms with Gasteiger partial charge >= 0.3 is 6.09 Å². The number of pyridine rings is 1. The lowest BCUT2D eigenvalue weighted by Crippen LogP contribution is -2.48. The number of nitrogens with one attached hydrogen (secondary N) is 2. The van der Waals surface area contributed by atoms with E-state index in [1.807, 2.05) is 17.9 Å². The van der Waals surface area contributed by atoms with E-state index in [0.717, 1.165) is 10.9 Å². The summed E-state index contributed by atoms with van der Waals surface area (Å²) in [5.74, 6) is 0.123. The number of ether oxygens (including phenoxy) is 1. The molecule has 0 bridgehead atoms. The average Bonchev–Trinajstić information content (AvgIpc) is 2.62. The largest absolute Gasteiger partial charge is 0.444 e. The van der Waals surface area contributed by atoms with Gasteiger partial charge in [-0.05, 0) is 52.8 Å². The van der Waals surface area contributed by atoms with E-state index < -0.39 is 17.7 Å². The van der Waals surface area contributed by atoms with Gasteiger partial charge in [0.2, 0.25) is 5.91 Å². The van der Waals surface area contributed by atoms with Crippen LogP contribution in [0.15, 0.2) is 18.2 Å². The Balaban J connectivity index is 2.03. The third-order valence-electron chi connectivity index (χ3n) is 4.72. The molecular formula is C21H27FN4O3. The quantitative estimate of drug-likeness (QED) is 0.824. The Bertz CT molecular complexity index is 955. The number of piperazine rings is 1. The van der Waals surface area contributed by atoms with E-state index in [1.54, 1.807) is 33.8 Å². The maximum atomic E-state index is 14.1. The lowest BCUT2D eigenvalue weighted by molar-refractivity contribution is -0.120. The zero-order valence-corrected chi connectivity index (χ0v) is 17.4. The van der Waals surface area contributed by atoms with Gasteiger partial charge in [-0.3, -0.25) is 4.79 Å². The number of alkyl carbamates (subject to hydrolysis) is 1. The molecule has 29 heavy (non-hydrogen) atoms. The van der Waals surface area contributed by atoms with E-state index >= 15 is 0 Å². The van der Waals surface area contributed by atoms with Gasteiger partial charge in [0.25, 0.3) is 0 Å². The molecule has 0 aliphatic carbocycles. The topological polar surface area (TPSA) is 83.6 Å². The maximum Gasteiger partial charge on any atom is 0.408 e. The fourth-order valence-electron chi connectivity index (χ4n) is 3.32. The van der Waals surface area contributed by atoms with Gasteiger partial charge in [-0.15, -0.1) is 0 Å². The molecule has 1 saturated heterocycles. The van der Waals surface area contributed by atoms with E-state index in [2.05, 4.69) is 10.6 Å². The first-order chi connectivity index (χ1) is 13.5. The fourth-order valence-corrected chi connectivity index (χ4v) is 3.32. The Hall–Kier alpha value is -2.90. The van der Waals surface area contributed by atoms with Crippen LogP contribution in [0.2, 0.25) is 0 Å². The minimum atomic E-state index is -0.617. The molecule has 2 heterocycles. The van der Waals surface area contributed by atoms with Crippen LogP contribution in [-0.2, 0) is 9.53 Å². The first-order valence-electron chi connectivity index (χ1n) is 9.66. The Kier molecular flexibility index (Phi) is 5.64. The molecule has 0 radical (unpaired) electrons. The number of anilines is 1. The van der Waals surface area contributed by atoms with Crippen molar-refractivity contribution < 1.29 is 18.7 Å². The number of aryl methyl sites for hydroxylation is 1. The molecule has 0 spiro atoms. The number of hydrogen-bond acceptors (Lipinski definition) is 5. The number of fused-ring (bicyclic) bond motifs is 1. The zero-order valence-electron chi connectivity index (χ0n) is 17.4. The lowest BCUT2D eigenvalue weighted by Gasteiger charge is -2.31. The van der Waals surface area contributed by atoms with E-state index in [1.165, 1.54) is 6.07 Å². The second-order valence-electron chi connectivity index (χ2n) is 8.28. The minimum absolute atomic E-state index is 0.104. The van der Waals surface area contributed by atoms with Crippen molar-refractivity contribution in [2.45, 2.75) is 46.3 Å². The smallest absolute Gasteiger partial charge is 0.408 e. The molecule has 3 rings (SSSR count). The maximum absolute atomic E-state index is 14.1. The summed E-state index contributed by atoms with van der Waals surface area (Å²) in [6, 6.07) is 4.54. The molecule has 1 fully saturated rings. The Morgan fingerprint density at radius 3 is 2.76 bits per heavy atom. The molecule has 8 heteroatoms. The van der Waals surface area contributed by atoms with Gasteiger partial charge in [-0.1, -0.05) is 0 Å². The summed E-state index contributed by atoms with van der Waals surface area (Å²) < 4.78 is 19.4. The summed E-state index contributed by atoms with van der Waals surface area (Å²) >= 11 is 0. The van der Waals surface area contributed by atoms with E-state index in [-0.39, 0.29) is 18.3 Å². The molecular weight excluding hydrogens is 375 g/mol. The average molecular weight is 402 g/mol. The molecule has 156 valence electrons. The number of aromatic nitrogens is 1.